The van der Waals surface area contributed by atoms with E-state index >= 15 is 0 Å². The van der Waals surface area contributed by atoms with Crippen LogP contribution in [0.4, 0.5) is 0 Å². The van der Waals surface area contributed by atoms with Crippen molar-refractivity contribution in [3.05, 3.63) is 82.2 Å². The monoisotopic (exact) mass is 399 g/mol. The van der Waals surface area contributed by atoms with Gasteiger partial charge in [0.2, 0.25) is 0 Å². The normalized spacial score (nSPS) is 31.8. The van der Waals surface area contributed by atoms with Crippen LogP contribution in [0.2, 0.25) is 0 Å². The second-order valence-corrected chi connectivity index (χ2v) is 7.23. The first-order valence-corrected chi connectivity index (χ1v) is 9.34. The first kappa shape index (κ1) is 21.3. The Morgan fingerprint density at radius 3 is 1.97 bits per heavy atom. The molecule has 0 spiro atoms. The van der Waals surface area contributed by atoms with Gasteiger partial charge in [-0.05, 0) is 16.7 Å². The third kappa shape index (κ3) is 4.00. The minimum absolute atomic E-state index is 0.0176. The summed E-state index contributed by atoms with van der Waals surface area (Å²) in [4.78, 5) is 2.85. The van der Waals surface area contributed by atoms with Crippen molar-refractivity contribution in [1.82, 2.24) is 0 Å². The summed E-state index contributed by atoms with van der Waals surface area (Å²) >= 11 is 0. The van der Waals surface area contributed by atoms with Crippen LogP contribution < -0.4 is 0 Å². The molecule has 1 heterocycles. The van der Waals surface area contributed by atoms with Gasteiger partial charge in [0.05, 0.1) is 6.61 Å². The molecule has 1 aliphatic heterocycles. The maximum Gasteiger partial charge on any atom is 0.169 e. The molecule has 0 radical (unpaired) electrons. The van der Waals surface area contributed by atoms with Gasteiger partial charge in [-0.25, -0.2) is 0 Å². The van der Waals surface area contributed by atoms with Crippen LogP contribution in [-0.2, 0) is 22.3 Å². The lowest BCUT2D eigenvalue weighted by Crippen LogP contribution is -2.75. The molecule has 0 aromatic heterocycles. The van der Waals surface area contributed by atoms with Crippen molar-refractivity contribution in [2.24, 2.45) is 5.11 Å². The lowest BCUT2D eigenvalue weighted by Gasteiger charge is -2.55. The Morgan fingerprint density at radius 1 is 1.00 bits per heavy atom. The summed E-state index contributed by atoms with van der Waals surface area (Å²) in [6.07, 6.45) is -2.34. The van der Waals surface area contributed by atoms with Crippen molar-refractivity contribution < 1.29 is 24.8 Å². The van der Waals surface area contributed by atoms with Crippen molar-refractivity contribution in [2.75, 3.05) is 13.7 Å². The zero-order valence-electron chi connectivity index (χ0n) is 16.1. The Labute approximate surface area is 169 Å². The van der Waals surface area contributed by atoms with E-state index in [2.05, 4.69) is 10.0 Å². The number of ether oxygens (including phenoxy) is 2. The Morgan fingerprint density at radius 2 is 1.52 bits per heavy atom. The van der Waals surface area contributed by atoms with E-state index in [1.54, 1.807) is 24.3 Å². The Balaban J connectivity index is 2.14. The number of aliphatic hydroxyl groups excluding tert-OH is 1. The third-order valence-corrected chi connectivity index (χ3v) is 5.53. The third-order valence-electron chi connectivity index (χ3n) is 5.53. The van der Waals surface area contributed by atoms with Crippen molar-refractivity contribution in [3.8, 4) is 0 Å². The van der Waals surface area contributed by atoms with E-state index in [1.165, 1.54) is 7.11 Å². The summed E-state index contributed by atoms with van der Waals surface area (Å²) in [6.45, 7) is -0.552. The Hall–Kier alpha value is -2.45. The molecule has 8 heteroatoms. The summed E-state index contributed by atoms with van der Waals surface area (Å²) < 4.78 is 11.0. The summed E-state index contributed by atoms with van der Waals surface area (Å²) in [5.74, 6) is 0. The second-order valence-electron chi connectivity index (χ2n) is 7.23. The smallest absolute Gasteiger partial charge is 0.169 e. The van der Waals surface area contributed by atoms with Crippen LogP contribution in [0.15, 0.2) is 65.8 Å². The standard InChI is InChI=1S/C21H25N3O5/c1-28-19-18(23-24-22)21(27,13-16-10-6-3-7-11-16)20(26,17(14-25)29-19)12-15-8-4-2-5-9-15/h2-11,17-19,25-27H,12-14H2,1H3/t17-,18-,19+,20-,21-/m1/s1. The summed E-state index contributed by atoms with van der Waals surface area (Å²) in [6, 6.07) is 16.9. The van der Waals surface area contributed by atoms with Crippen molar-refractivity contribution in [2.45, 2.75) is 42.5 Å². The topological polar surface area (TPSA) is 128 Å². The average Bonchev–Trinajstić information content (AvgIpc) is 2.74. The number of hydrogen-bond donors (Lipinski definition) is 3. The fourth-order valence-electron chi connectivity index (χ4n) is 4.03. The molecule has 0 unspecified atom stereocenters. The van der Waals surface area contributed by atoms with Gasteiger partial charge in [-0.1, -0.05) is 65.8 Å². The highest BCUT2D eigenvalue weighted by molar-refractivity contribution is 5.28. The summed E-state index contributed by atoms with van der Waals surface area (Å²) in [7, 11) is 1.35. The van der Waals surface area contributed by atoms with E-state index < -0.39 is 36.2 Å². The molecule has 8 nitrogen and oxygen atoms in total. The number of aliphatic hydroxyl groups is 3. The number of methoxy groups -OCH3 is 1. The number of nitrogens with zero attached hydrogens (tertiary/aromatic N) is 3. The van der Waals surface area contributed by atoms with Gasteiger partial charge in [-0.3, -0.25) is 0 Å². The van der Waals surface area contributed by atoms with Crippen molar-refractivity contribution in [3.63, 3.8) is 0 Å². The van der Waals surface area contributed by atoms with Crippen LogP contribution in [0.3, 0.4) is 0 Å². The molecule has 5 atom stereocenters. The fraction of sp³-hybridized carbons (Fsp3) is 0.429. The van der Waals surface area contributed by atoms with Crippen LogP contribution in [0.1, 0.15) is 11.1 Å². The van der Waals surface area contributed by atoms with E-state index in [0.717, 1.165) is 11.1 Å². The molecular weight excluding hydrogens is 374 g/mol. The van der Waals surface area contributed by atoms with Crippen LogP contribution in [-0.4, -0.2) is 58.7 Å². The van der Waals surface area contributed by atoms with Gasteiger partial charge in [0, 0.05) is 24.9 Å². The molecule has 0 aliphatic carbocycles. The second kappa shape index (κ2) is 8.92. The molecule has 0 bridgehead atoms. The molecule has 3 rings (SSSR count). The Kier molecular flexibility index (Phi) is 6.54. The average molecular weight is 399 g/mol. The molecular formula is C21H25N3O5. The highest BCUT2D eigenvalue weighted by Gasteiger charge is 2.64. The van der Waals surface area contributed by atoms with Gasteiger partial charge in [-0.15, -0.1) is 0 Å². The largest absolute Gasteiger partial charge is 0.394 e. The molecule has 0 amide bonds. The lowest BCUT2D eigenvalue weighted by atomic mass is 9.66. The van der Waals surface area contributed by atoms with Crippen LogP contribution in [0, 0.1) is 0 Å². The van der Waals surface area contributed by atoms with Gasteiger partial charge in [0.15, 0.2) is 6.29 Å². The minimum Gasteiger partial charge on any atom is -0.394 e. The molecule has 2 aromatic rings. The number of benzene rings is 2. The summed E-state index contributed by atoms with van der Waals surface area (Å²) in [5.41, 5.74) is 6.66. The highest BCUT2D eigenvalue weighted by atomic mass is 16.7. The van der Waals surface area contributed by atoms with E-state index in [4.69, 9.17) is 15.0 Å². The van der Waals surface area contributed by atoms with Crippen molar-refractivity contribution in [1.29, 1.82) is 0 Å². The zero-order chi connectivity index (χ0) is 20.9. The Bertz CT molecular complexity index is 846. The quantitative estimate of drug-likeness (QED) is 0.373. The molecule has 3 N–H and O–H groups in total. The first-order valence-electron chi connectivity index (χ1n) is 9.34. The maximum atomic E-state index is 11.9. The van der Waals surface area contributed by atoms with Gasteiger partial charge in [0.1, 0.15) is 23.3 Å². The zero-order valence-corrected chi connectivity index (χ0v) is 16.1. The van der Waals surface area contributed by atoms with E-state index in [-0.39, 0.29) is 12.8 Å². The van der Waals surface area contributed by atoms with Gasteiger partial charge < -0.3 is 24.8 Å². The maximum absolute atomic E-state index is 11.9. The SMILES string of the molecule is CO[C@H]1O[C@H](CO)[C@](O)(Cc2ccccc2)[C@@](O)(Cc2ccccc2)[C@@H]1N=[N+]=[N-]. The summed E-state index contributed by atoms with van der Waals surface area (Å²) in [5, 5.41) is 37.4. The lowest BCUT2D eigenvalue weighted by molar-refractivity contribution is -0.328. The number of azide groups is 1. The predicted molar refractivity (Wildman–Crippen MR) is 106 cm³/mol. The van der Waals surface area contributed by atoms with Crippen molar-refractivity contribution >= 4 is 0 Å². The van der Waals surface area contributed by atoms with Gasteiger partial charge in [-0.2, -0.15) is 0 Å². The minimum atomic E-state index is -1.97. The highest BCUT2D eigenvalue weighted by Crippen LogP contribution is 2.44. The molecule has 1 fully saturated rings. The predicted octanol–water partition coefficient (Wildman–Crippen LogP) is 1.98. The van der Waals surface area contributed by atoms with E-state index in [9.17, 15) is 15.3 Å². The molecule has 29 heavy (non-hydrogen) atoms. The molecule has 1 aliphatic rings. The molecule has 0 saturated carbocycles. The number of rotatable bonds is 7. The van der Waals surface area contributed by atoms with Crippen LogP contribution in [0.5, 0.6) is 0 Å². The van der Waals surface area contributed by atoms with E-state index in [1.807, 2.05) is 36.4 Å². The first-order chi connectivity index (χ1) is 14.0. The number of hydrogen-bond acceptors (Lipinski definition) is 6. The fourth-order valence-corrected chi connectivity index (χ4v) is 4.03. The molecule has 154 valence electrons. The van der Waals surface area contributed by atoms with Gasteiger partial charge in [0.25, 0.3) is 0 Å². The van der Waals surface area contributed by atoms with Crippen LogP contribution in [0.25, 0.3) is 10.4 Å². The van der Waals surface area contributed by atoms with E-state index in [0.29, 0.717) is 0 Å². The molecule has 2 aromatic carbocycles. The molecule has 1 saturated heterocycles. The van der Waals surface area contributed by atoms with Gasteiger partial charge >= 0.3 is 0 Å². The van der Waals surface area contributed by atoms with Crippen LogP contribution >= 0.6 is 0 Å².